The second-order valence-electron chi connectivity index (χ2n) is 7.59. The van der Waals surface area contributed by atoms with Crippen LogP contribution in [0.25, 0.3) is 10.9 Å². The van der Waals surface area contributed by atoms with Crippen molar-refractivity contribution in [2.24, 2.45) is 0 Å². The highest BCUT2D eigenvalue weighted by atomic mass is 32.2. The molecular weight excluding hydrogens is 360 g/mol. The molecule has 0 atom stereocenters. The van der Waals surface area contributed by atoms with E-state index in [4.69, 9.17) is 4.74 Å². The Labute approximate surface area is 160 Å². The summed E-state index contributed by atoms with van der Waals surface area (Å²) in [5, 5.41) is 1.11. The van der Waals surface area contributed by atoms with Crippen LogP contribution in [0.1, 0.15) is 33.3 Å². The lowest BCUT2D eigenvalue weighted by Crippen LogP contribution is -2.36. The van der Waals surface area contributed by atoms with Crippen molar-refractivity contribution < 1.29 is 13.2 Å². The summed E-state index contributed by atoms with van der Waals surface area (Å²) >= 11 is 0. The fourth-order valence-electron chi connectivity index (χ4n) is 3.05. The molecule has 0 saturated carbocycles. The van der Waals surface area contributed by atoms with Crippen molar-refractivity contribution in [2.75, 3.05) is 6.54 Å². The lowest BCUT2D eigenvalue weighted by atomic mass is 9.85. The van der Waals surface area contributed by atoms with Gasteiger partial charge in [-0.15, -0.1) is 0 Å². The smallest absolute Gasteiger partial charge is 0.240 e. The predicted molar refractivity (Wildman–Crippen MR) is 109 cm³/mol. The van der Waals surface area contributed by atoms with Gasteiger partial charge in [0.1, 0.15) is 5.75 Å². The van der Waals surface area contributed by atoms with Crippen molar-refractivity contribution in [2.45, 2.75) is 44.1 Å². The van der Waals surface area contributed by atoms with Crippen LogP contribution in [0.2, 0.25) is 0 Å². The van der Waals surface area contributed by atoms with Gasteiger partial charge in [0.25, 0.3) is 0 Å². The Kier molecular flexibility index (Phi) is 5.31. The molecule has 3 rings (SSSR count). The SMILES string of the molecule is CC(C)Oc1ccc(S(=O)(=O)NCC(C)(C)c2c[nH]c3ccccc23)cc1. The lowest BCUT2D eigenvalue weighted by Gasteiger charge is -2.25. The van der Waals surface area contributed by atoms with E-state index in [1.165, 1.54) is 0 Å². The van der Waals surface area contributed by atoms with Crippen LogP contribution in [-0.4, -0.2) is 26.1 Å². The molecule has 0 aliphatic carbocycles. The molecule has 0 saturated heterocycles. The Morgan fingerprint density at radius 3 is 2.41 bits per heavy atom. The number of aromatic amines is 1. The topological polar surface area (TPSA) is 71.2 Å². The summed E-state index contributed by atoms with van der Waals surface area (Å²) in [5.41, 5.74) is 1.76. The van der Waals surface area contributed by atoms with E-state index in [0.717, 1.165) is 16.5 Å². The monoisotopic (exact) mass is 386 g/mol. The second kappa shape index (κ2) is 7.37. The lowest BCUT2D eigenvalue weighted by molar-refractivity contribution is 0.242. The first-order valence-corrected chi connectivity index (χ1v) is 10.5. The maximum Gasteiger partial charge on any atom is 0.240 e. The number of rotatable bonds is 7. The van der Waals surface area contributed by atoms with E-state index in [-0.39, 0.29) is 16.4 Å². The van der Waals surface area contributed by atoms with Crippen molar-refractivity contribution in [3.8, 4) is 5.75 Å². The Morgan fingerprint density at radius 2 is 1.74 bits per heavy atom. The molecular formula is C21H26N2O3S. The van der Waals surface area contributed by atoms with Crippen LogP contribution in [0, 0.1) is 0 Å². The highest BCUT2D eigenvalue weighted by Gasteiger charge is 2.26. The number of hydrogen-bond donors (Lipinski definition) is 2. The van der Waals surface area contributed by atoms with Crippen LogP contribution in [0.5, 0.6) is 5.75 Å². The number of hydrogen-bond acceptors (Lipinski definition) is 3. The van der Waals surface area contributed by atoms with E-state index < -0.39 is 10.0 Å². The summed E-state index contributed by atoms with van der Waals surface area (Å²) in [6.07, 6.45) is 2.00. The summed E-state index contributed by atoms with van der Waals surface area (Å²) in [4.78, 5) is 3.48. The minimum absolute atomic E-state index is 0.0440. The molecule has 0 fully saturated rings. The van der Waals surface area contributed by atoms with Crippen molar-refractivity contribution in [3.63, 3.8) is 0 Å². The maximum atomic E-state index is 12.7. The van der Waals surface area contributed by atoms with Gasteiger partial charge in [0.05, 0.1) is 11.0 Å². The van der Waals surface area contributed by atoms with Gasteiger partial charge >= 0.3 is 0 Å². The number of para-hydroxylation sites is 1. The normalized spacial score (nSPS) is 12.6. The van der Waals surface area contributed by atoms with Crippen molar-refractivity contribution in [3.05, 3.63) is 60.3 Å². The van der Waals surface area contributed by atoms with Crippen molar-refractivity contribution >= 4 is 20.9 Å². The molecule has 144 valence electrons. The number of benzene rings is 2. The van der Waals surface area contributed by atoms with Gasteiger partial charge in [-0.3, -0.25) is 0 Å². The zero-order valence-electron chi connectivity index (χ0n) is 16.1. The first kappa shape index (κ1) is 19.5. The highest BCUT2D eigenvalue weighted by molar-refractivity contribution is 7.89. The van der Waals surface area contributed by atoms with Crippen LogP contribution in [0.3, 0.4) is 0 Å². The van der Waals surface area contributed by atoms with Gasteiger partial charge in [0.2, 0.25) is 10.0 Å². The third-order valence-corrected chi connectivity index (χ3v) is 5.95. The number of ether oxygens (including phenoxy) is 1. The largest absolute Gasteiger partial charge is 0.491 e. The Balaban J connectivity index is 1.76. The molecule has 0 aliphatic heterocycles. The van der Waals surface area contributed by atoms with Crippen molar-refractivity contribution in [1.29, 1.82) is 0 Å². The minimum Gasteiger partial charge on any atom is -0.491 e. The fourth-order valence-corrected chi connectivity index (χ4v) is 4.27. The molecule has 2 aromatic carbocycles. The third-order valence-electron chi connectivity index (χ3n) is 4.53. The van der Waals surface area contributed by atoms with Gasteiger partial charge in [-0.2, -0.15) is 0 Å². The Morgan fingerprint density at radius 1 is 1.07 bits per heavy atom. The van der Waals surface area contributed by atoms with Crippen LogP contribution in [-0.2, 0) is 15.4 Å². The summed E-state index contributed by atoms with van der Waals surface area (Å²) in [7, 11) is -3.60. The molecule has 0 unspecified atom stereocenters. The van der Waals surface area contributed by atoms with Crippen LogP contribution >= 0.6 is 0 Å². The zero-order valence-corrected chi connectivity index (χ0v) is 16.9. The van der Waals surface area contributed by atoms with E-state index in [2.05, 4.69) is 9.71 Å². The van der Waals surface area contributed by atoms with Gasteiger partial charge < -0.3 is 9.72 Å². The molecule has 6 heteroatoms. The standard InChI is InChI=1S/C21H26N2O3S/c1-15(2)26-16-9-11-17(12-10-16)27(24,25)23-14-21(3,4)19-13-22-20-8-6-5-7-18(19)20/h5-13,15,22-23H,14H2,1-4H3. The number of fused-ring (bicyclic) bond motifs is 1. The number of aromatic nitrogens is 1. The molecule has 2 N–H and O–H groups in total. The number of sulfonamides is 1. The molecule has 0 bridgehead atoms. The number of nitrogens with one attached hydrogen (secondary N) is 2. The third kappa shape index (κ3) is 4.34. The van der Waals surface area contributed by atoms with E-state index in [1.54, 1.807) is 24.3 Å². The molecule has 0 amide bonds. The average molecular weight is 387 g/mol. The van der Waals surface area contributed by atoms with Gasteiger partial charge in [0, 0.05) is 29.1 Å². The first-order chi connectivity index (χ1) is 12.7. The van der Waals surface area contributed by atoms with Gasteiger partial charge in [-0.1, -0.05) is 32.0 Å². The van der Waals surface area contributed by atoms with Crippen LogP contribution in [0.15, 0.2) is 59.6 Å². The van der Waals surface area contributed by atoms with Crippen molar-refractivity contribution in [1.82, 2.24) is 9.71 Å². The van der Waals surface area contributed by atoms with E-state index in [1.807, 2.05) is 58.2 Å². The molecule has 27 heavy (non-hydrogen) atoms. The Bertz CT molecular complexity index is 1020. The van der Waals surface area contributed by atoms with E-state index in [0.29, 0.717) is 12.3 Å². The predicted octanol–water partition coefficient (Wildman–Crippen LogP) is 4.21. The quantitative estimate of drug-likeness (QED) is 0.639. The molecule has 0 radical (unpaired) electrons. The summed E-state index contributed by atoms with van der Waals surface area (Å²) in [6.45, 7) is 8.22. The average Bonchev–Trinajstić information content (AvgIpc) is 3.05. The fraction of sp³-hybridized carbons (Fsp3) is 0.333. The molecule has 1 aromatic heterocycles. The minimum atomic E-state index is -3.60. The zero-order chi connectivity index (χ0) is 19.7. The highest BCUT2D eigenvalue weighted by Crippen LogP contribution is 2.30. The summed E-state index contributed by atoms with van der Waals surface area (Å²) < 4.78 is 33.7. The first-order valence-electron chi connectivity index (χ1n) is 9.02. The second-order valence-corrected chi connectivity index (χ2v) is 9.36. The van der Waals surface area contributed by atoms with Crippen LogP contribution in [0.4, 0.5) is 0 Å². The van der Waals surface area contributed by atoms with E-state index >= 15 is 0 Å². The van der Waals surface area contributed by atoms with Crippen LogP contribution < -0.4 is 9.46 Å². The molecule has 0 spiro atoms. The molecule has 5 nitrogen and oxygen atoms in total. The number of H-pyrrole nitrogens is 1. The molecule has 1 heterocycles. The van der Waals surface area contributed by atoms with Gasteiger partial charge in [0.15, 0.2) is 0 Å². The molecule has 0 aliphatic rings. The van der Waals surface area contributed by atoms with E-state index in [9.17, 15) is 8.42 Å². The molecule has 3 aromatic rings. The van der Waals surface area contributed by atoms with Gasteiger partial charge in [-0.05, 0) is 49.7 Å². The Hall–Kier alpha value is -2.31. The maximum absolute atomic E-state index is 12.7. The van der Waals surface area contributed by atoms with Gasteiger partial charge in [-0.25, -0.2) is 13.1 Å². The summed E-state index contributed by atoms with van der Waals surface area (Å²) in [5.74, 6) is 0.656. The summed E-state index contributed by atoms with van der Waals surface area (Å²) in [6, 6.07) is 14.5.